The quantitative estimate of drug-likeness (QED) is 0.777. The van der Waals surface area contributed by atoms with Crippen molar-refractivity contribution in [1.82, 2.24) is 4.98 Å². The summed E-state index contributed by atoms with van der Waals surface area (Å²) in [4.78, 5) is 4.41. The second kappa shape index (κ2) is 6.45. The van der Waals surface area contributed by atoms with Crippen LogP contribution in [0.15, 0.2) is 71.9 Å². The minimum Gasteiger partial charge on any atom is -0.279 e. The Morgan fingerprint density at radius 1 is 0.917 bits per heavy atom. The smallest absolute Gasteiger partial charge is 0.261 e. The summed E-state index contributed by atoms with van der Waals surface area (Å²) in [5.41, 5.74) is 4.61. The molecular formula is C19H18N2O2S. The number of pyridine rings is 1. The molecule has 0 saturated carbocycles. The Morgan fingerprint density at radius 2 is 1.67 bits per heavy atom. The average Bonchev–Trinajstić information content (AvgIpc) is 2.58. The first kappa shape index (κ1) is 16.2. The molecule has 2 aromatic carbocycles. The van der Waals surface area contributed by atoms with Crippen molar-refractivity contribution in [2.75, 3.05) is 4.72 Å². The molecule has 0 saturated heterocycles. The van der Waals surface area contributed by atoms with Gasteiger partial charge in [-0.3, -0.25) is 9.71 Å². The Labute approximate surface area is 142 Å². The molecule has 0 spiro atoms. The number of nitrogens with zero attached hydrogens (tertiary/aromatic N) is 1. The number of sulfonamides is 1. The third-order valence-corrected chi connectivity index (χ3v) is 5.26. The van der Waals surface area contributed by atoms with Crippen LogP contribution >= 0.6 is 0 Å². The normalized spacial score (nSPS) is 11.2. The summed E-state index contributed by atoms with van der Waals surface area (Å²) in [6.07, 6.45) is 3.58. The summed E-state index contributed by atoms with van der Waals surface area (Å²) < 4.78 is 27.5. The van der Waals surface area contributed by atoms with Crippen molar-refractivity contribution in [3.05, 3.63) is 78.1 Å². The van der Waals surface area contributed by atoms with Crippen molar-refractivity contribution in [3.8, 4) is 11.1 Å². The molecule has 1 aromatic heterocycles. The lowest BCUT2D eigenvalue weighted by Gasteiger charge is -2.13. The van der Waals surface area contributed by atoms with Crippen LogP contribution in [0.25, 0.3) is 11.1 Å². The van der Waals surface area contributed by atoms with Crippen LogP contribution in [-0.4, -0.2) is 13.4 Å². The molecule has 1 N–H and O–H groups in total. The van der Waals surface area contributed by atoms with Gasteiger partial charge in [-0.15, -0.1) is 0 Å². The Balaban J connectivity index is 1.93. The SMILES string of the molecule is Cc1cc(-c2cnccc2C)ccc1NS(=O)(=O)c1ccccc1. The van der Waals surface area contributed by atoms with Crippen molar-refractivity contribution < 1.29 is 8.42 Å². The maximum absolute atomic E-state index is 12.4. The molecule has 0 radical (unpaired) electrons. The van der Waals surface area contributed by atoms with Crippen molar-refractivity contribution in [1.29, 1.82) is 0 Å². The molecule has 1 heterocycles. The highest BCUT2D eigenvalue weighted by molar-refractivity contribution is 7.92. The van der Waals surface area contributed by atoms with Crippen LogP contribution < -0.4 is 4.72 Å². The maximum Gasteiger partial charge on any atom is 0.261 e. The molecule has 0 aliphatic rings. The fourth-order valence-electron chi connectivity index (χ4n) is 2.52. The lowest BCUT2D eigenvalue weighted by Crippen LogP contribution is -2.13. The topological polar surface area (TPSA) is 59.1 Å². The molecule has 0 atom stereocenters. The van der Waals surface area contributed by atoms with E-state index in [1.807, 2.05) is 38.2 Å². The highest BCUT2D eigenvalue weighted by Gasteiger charge is 2.15. The zero-order valence-electron chi connectivity index (χ0n) is 13.5. The minimum atomic E-state index is -3.58. The van der Waals surface area contributed by atoms with Crippen LogP contribution in [0.3, 0.4) is 0 Å². The zero-order chi connectivity index (χ0) is 17.2. The minimum absolute atomic E-state index is 0.247. The fraction of sp³-hybridized carbons (Fsp3) is 0.105. The first-order chi connectivity index (χ1) is 11.5. The number of rotatable bonds is 4. The number of hydrogen-bond donors (Lipinski definition) is 1. The van der Waals surface area contributed by atoms with Gasteiger partial charge in [0.25, 0.3) is 10.0 Å². The molecule has 4 nitrogen and oxygen atoms in total. The van der Waals surface area contributed by atoms with Gasteiger partial charge in [0.1, 0.15) is 0 Å². The number of hydrogen-bond acceptors (Lipinski definition) is 3. The van der Waals surface area contributed by atoms with Crippen LogP contribution in [0.5, 0.6) is 0 Å². The lowest BCUT2D eigenvalue weighted by atomic mass is 10.0. The average molecular weight is 338 g/mol. The predicted octanol–water partition coefficient (Wildman–Crippen LogP) is 4.17. The summed E-state index contributed by atoms with van der Waals surface area (Å²) in [6.45, 7) is 3.91. The van der Waals surface area contributed by atoms with Gasteiger partial charge in [-0.1, -0.05) is 24.3 Å². The number of nitrogens with one attached hydrogen (secondary N) is 1. The summed E-state index contributed by atoms with van der Waals surface area (Å²) >= 11 is 0. The molecular weight excluding hydrogens is 320 g/mol. The molecule has 24 heavy (non-hydrogen) atoms. The van der Waals surface area contributed by atoms with E-state index in [2.05, 4.69) is 9.71 Å². The Morgan fingerprint density at radius 3 is 2.33 bits per heavy atom. The maximum atomic E-state index is 12.4. The van der Waals surface area contributed by atoms with Gasteiger partial charge in [0.15, 0.2) is 0 Å². The van der Waals surface area contributed by atoms with E-state index in [4.69, 9.17) is 0 Å². The fourth-order valence-corrected chi connectivity index (χ4v) is 3.67. The molecule has 0 fully saturated rings. The van der Waals surface area contributed by atoms with Gasteiger partial charge in [0, 0.05) is 18.0 Å². The van der Waals surface area contributed by atoms with Crippen LogP contribution in [0, 0.1) is 13.8 Å². The van der Waals surface area contributed by atoms with E-state index in [0.717, 1.165) is 22.3 Å². The monoisotopic (exact) mass is 338 g/mol. The van der Waals surface area contributed by atoms with Gasteiger partial charge in [0.2, 0.25) is 0 Å². The molecule has 0 unspecified atom stereocenters. The van der Waals surface area contributed by atoms with E-state index in [0.29, 0.717) is 5.69 Å². The van der Waals surface area contributed by atoms with Crippen LogP contribution in [-0.2, 0) is 10.0 Å². The third-order valence-electron chi connectivity index (χ3n) is 3.87. The number of anilines is 1. The molecule has 3 rings (SSSR count). The van der Waals surface area contributed by atoms with Gasteiger partial charge in [0.05, 0.1) is 10.6 Å². The van der Waals surface area contributed by atoms with Crippen molar-refractivity contribution in [3.63, 3.8) is 0 Å². The van der Waals surface area contributed by atoms with E-state index in [9.17, 15) is 8.42 Å². The van der Waals surface area contributed by atoms with Crippen LogP contribution in [0.4, 0.5) is 5.69 Å². The van der Waals surface area contributed by atoms with E-state index in [1.165, 1.54) is 0 Å². The summed E-state index contributed by atoms with van der Waals surface area (Å²) in [5, 5.41) is 0. The zero-order valence-corrected chi connectivity index (χ0v) is 14.3. The lowest BCUT2D eigenvalue weighted by molar-refractivity contribution is 0.601. The largest absolute Gasteiger partial charge is 0.279 e. The van der Waals surface area contributed by atoms with Gasteiger partial charge in [-0.25, -0.2) is 8.42 Å². The van der Waals surface area contributed by atoms with E-state index >= 15 is 0 Å². The first-order valence-electron chi connectivity index (χ1n) is 7.57. The van der Waals surface area contributed by atoms with E-state index < -0.39 is 10.0 Å². The molecule has 0 aliphatic carbocycles. The Hall–Kier alpha value is -2.66. The van der Waals surface area contributed by atoms with Crippen LogP contribution in [0.1, 0.15) is 11.1 Å². The van der Waals surface area contributed by atoms with Crippen molar-refractivity contribution in [2.24, 2.45) is 0 Å². The van der Waals surface area contributed by atoms with E-state index in [-0.39, 0.29) is 4.90 Å². The number of benzene rings is 2. The Bertz CT molecular complexity index is 968. The molecule has 5 heteroatoms. The van der Waals surface area contributed by atoms with Gasteiger partial charge < -0.3 is 0 Å². The molecule has 122 valence electrons. The first-order valence-corrected chi connectivity index (χ1v) is 9.05. The third kappa shape index (κ3) is 3.31. The van der Waals surface area contributed by atoms with Gasteiger partial charge >= 0.3 is 0 Å². The molecule has 0 aliphatic heterocycles. The van der Waals surface area contributed by atoms with Gasteiger partial charge in [-0.05, 0) is 60.9 Å². The summed E-state index contributed by atoms with van der Waals surface area (Å²) in [5.74, 6) is 0. The molecule has 0 bridgehead atoms. The highest BCUT2D eigenvalue weighted by atomic mass is 32.2. The summed E-state index contributed by atoms with van der Waals surface area (Å²) in [7, 11) is -3.58. The second-order valence-electron chi connectivity index (χ2n) is 5.64. The highest BCUT2D eigenvalue weighted by Crippen LogP contribution is 2.27. The Kier molecular flexibility index (Phi) is 4.36. The van der Waals surface area contributed by atoms with Crippen molar-refractivity contribution >= 4 is 15.7 Å². The predicted molar refractivity (Wildman–Crippen MR) is 96.4 cm³/mol. The van der Waals surface area contributed by atoms with Gasteiger partial charge in [-0.2, -0.15) is 0 Å². The number of aryl methyl sites for hydroxylation is 2. The summed E-state index contributed by atoms with van der Waals surface area (Å²) in [6, 6.07) is 16.0. The molecule has 0 amide bonds. The van der Waals surface area contributed by atoms with Crippen LogP contribution in [0.2, 0.25) is 0 Å². The number of aromatic nitrogens is 1. The van der Waals surface area contributed by atoms with E-state index in [1.54, 1.807) is 42.6 Å². The second-order valence-corrected chi connectivity index (χ2v) is 7.32. The van der Waals surface area contributed by atoms with Crippen molar-refractivity contribution in [2.45, 2.75) is 18.7 Å². The standard InChI is InChI=1S/C19H18N2O2S/c1-14-10-11-20-13-18(14)16-8-9-19(15(2)12-16)21-24(22,23)17-6-4-3-5-7-17/h3-13,21H,1-2H3. The molecule has 3 aromatic rings.